The molecular weight excluding hydrogens is 228 g/mol. The molecule has 3 unspecified atom stereocenters. The second-order valence-corrected chi connectivity index (χ2v) is 6.84. The van der Waals surface area contributed by atoms with Crippen molar-refractivity contribution in [3.05, 3.63) is 0 Å². The molecule has 0 aliphatic carbocycles. The molecule has 1 N–H and O–H groups in total. The van der Waals surface area contributed by atoms with Gasteiger partial charge in [-0.3, -0.25) is 4.99 Å². The number of aliphatic imine (C=N–C) groups is 1. The fraction of sp³-hybridized carbons (Fsp3) is 0.929. The molecule has 0 saturated carbocycles. The van der Waals surface area contributed by atoms with Gasteiger partial charge >= 0.3 is 0 Å². The van der Waals surface area contributed by atoms with E-state index >= 15 is 0 Å². The quantitative estimate of drug-likeness (QED) is 0.806. The number of hydrogen-bond acceptors (Lipinski definition) is 3. The number of nitrogens with one attached hydrogen (secondary N) is 1. The maximum Gasteiger partial charge on any atom is 0.157 e. The third kappa shape index (κ3) is 5.80. The molecule has 0 aromatic rings. The normalized spacial score (nSPS) is 26.8. The third-order valence-corrected chi connectivity index (χ3v) is 4.60. The second-order valence-electron chi connectivity index (χ2n) is 5.83. The standard InChI is InChI=1S/C14H28N2S/c1-10(2)7-6-8-12(4)15-14-16-13(5)11(3)9-17-14/h10-13H,6-9H2,1-5H3,(H,15,16). The summed E-state index contributed by atoms with van der Waals surface area (Å²) in [5, 5.41) is 4.72. The molecule has 17 heavy (non-hydrogen) atoms. The molecule has 3 atom stereocenters. The summed E-state index contributed by atoms with van der Waals surface area (Å²) in [4.78, 5) is 4.71. The first kappa shape index (κ1) is 14.9. The number of nitrogens with zero attached hydrogens (tertiary/aromatic N) is 1. The maximum absolute atomic E-state index is 4.71. The van der Waals surface area contributed by atoms with E-state index in [1.165, 1.54) is 25.0 Å². The molecule has 1 rings (SSSR count). The average Bonchev–Trinajstić information content (AvgIpc) is 2.23. The third-order valence-electron chi connectivity index (χ3n) is 3.42. The van der Waals surface area contributed by atoms with Crippen LogP contribution < -0.4 is 5.32 Å². The van der Waals surface area contributed by atoms with Crippen LogP contribution in [0.5, 0.6) is 0 Å². The van der Waals surface area contributed by atoms with Gasteiger partial charge in [-0.05, 0) is 32.1 Å². The molecule has 2 nitrogen and oxygen atoms in total. The predicted octanol–water partition coefficient (Wildman–Crippen LogP) is 3.92. The average molecular weight is 256 g/mol. The van der Waals surface area contributed by atoms with E-state index in [1.54, 1.807) is 0 Å². The Hall–Kier alpha value is -0.180. The van der Waals surface area contributed by atoms with Crippen molar-refractivity contribution >= 4 is 16.9 Å². The highest BCUT2D eigenvalue weighted by atomic mass is 32.2. The Bertz CT molecular complexity index is 251. The summed E-state index contributed by atoms with van der Waals surface area (Å²) >= 11 is 1.88. The van der Waals surface area contributed by atoms with Gasteiger partial charge in [-0.2, -0.15) is 0 Å². The molecule has 0 saturated heterocycles. The van der Waals surface area contributed by atoms with Crippen LogP contribution in [-0.2, 0) is 0 Å². The molecule has 3 heteroatoms. The number of rotatable bonds is 5. The van der Waals surface area contributed by atoms with Crippen LogP contribution in [0.15, 0.2) is 4.99 Å². The second kappa shape index (κ2) is 7.30. The van der Waals surface area contributed by atoms with Crippen molar-refractivity contribution in [1.82, 2.24) is 5.32 Å². The first-order chi connectivity index (χ1) is 7.99. The Kier molecular flexibility index (Phi) is 6.39. The summed E-state index contributed by atoms with van der Waals surface area (Å²) in [6.45, 7) is 11.4. The van der Waals surface area contributed by atoms with Crippen molar-refractivity contribution < 1.29 is 0 Å². The Morgan fingerprint density at radius 1 is 1.29 bits per heavy atom. The molecule has 0 spiro atoms. The summed E-state index contributed by atoms with van der Waals surface area (Å²) in [5.74, 6) is 2.73. The number of hydrogen-bond donors (Lipinski definition) is 1. The van der Waals surface area contributed by atoms with Crippen molar-refractivity contribution in [3.8, 4) is 0 Å². The Morgan fingerprint density at radius 2 is 2.00 bits per heavy atom. The van der Waals surface area contributed by atoms with Gasteiger partial charge in [0.25, 0.3) is 0 Å². The van der Waals surface area contributed by atoms with Gasteiger partial charge in [-0.25, -0.2) is 0 Å². The zero-order valence-corrected chi connectivity index (χ0v) is 12.8. The molecule has 1 aliphatic heterocycles. The lowest BCUT2D eigenvalue weighted by Crippen LogP contribution is -2.35. The smallest absolute Gasteiger partial charge is 0.157 e. The first-order valence-electron chi connectivity index (χ1n) is 6.96. The van der Waals surface area contributed by atoms with E-state index in [0.29, 0.717) is 18.0 Å². The van der Waals surface area contributed by atoms with Crippen LogP contribution in [0, 0.1) is 11.8 Å². The minimum Gasteiger partial charge on any atom is -0.362 e. The van der Waals surface area contributed by atoms with Crippen LogP contribution in [0.2, 0.25) is 0 Å². The largest absolute Gasteiger partial charge is 0.362 e. The number of amidine groups is 1. The van der Waals surface area contributed by atoms with Gasteiger partial charge in [0.1, 0.15) is 0 Å². The lowest BCUT2D eigenvalue weighted by atomic mass is 10.0. The first-order valence-corrected chi connectivity index (χ1v) is 7.94. The summed E-state index contributed by atoms with van der Waals surface area (Å²) in [6.07, 6.45) is 3.90. The molecule has 0 radical (unpaired) electrons. The highest BCUT2D eigenvalue weighted by molar-refractivity contribution is 8.13. The Balaban J connectivity index is 2.26. The SMILES string of the molecule is CC(C)CCCC(C)NC1=NC(C)C(C)CS1. The van der Waals surface area contributed by atoms with E-state index in [9.17, 15) is 0 Å². The summed E-state index contributed by atoms with van der Waals surface area (Å²) in [7, 11) is 0. The van der Waals surface area contributed by atoms with Gasteiger partial charge in [0, 0.05) is 11.8 Å². The molecule has 0 fully saturated rings. The van der Waals surface area contributed by atoms with E-state index in [1.807, 2.05) is 11.8 Å². The zero-order chi connectivity index (χ0) is 12.8. The van der Waals surface area contributed by atoms with E-state index in [4.69, 9.17) is 4.99 Å². The highest BCUT2D eigenvalue weighted by Gasteiger charge is 2.19. The van der Waals surface area contributed by atoms with Crippen molar-refractivity contribution in [2.45, 2.75) is 66.0 Å². The van der Waals surface area contributed by atoms with Gasteiger partial charge in [0.2, 0.25) is 0 Å². The molecule has 0 aromatic heterocycles. The van der Waals surface area contributed by atoms with Crippen molar-refractivity contribution in [2.75, 3.05) is 5.75 Å². The minimum atomic E-state index is 0.474. The lowest BCUT2D eigenvalue weighted by Gasteiger charge is -2.25. The predicted molar refractivity (Wildman–Crippen MR) is 79.8 cm³/mol. The van der Waals surface area contributed by atoms with Crippen molar-refractivity contribution in [2.24, 2.45) is 16.8 Å². The Morgan fingerprint density at radius 3 is 2.59 bits per heavy atom. The van der Waals surface area contributed by atoms with Crippen molar-refractivity contribution in [3.63, 3.8) is 0 Å². The molecule has 1 heterocycles. The molecule has 0 bridgehead atoms. The molecule has 0 amide bonds. The van der Waals surface area contributed by atoms with E-state index in [2.05, 4.69) is 39.9 Å². The molecule has 100 valence electrons. The molecule has 0 aromatic carbocycles. The maximum atomic E-state index is 4.71. The van der Waals surface area contributed by atoms with E-state index < -0.39 is 0 Å². The van der Waals surface area contributed by atoms with Crippen LogP contribution >= 0.6 is 11.8 Å². The van der Waals surface area contributed by atoms with Gasteiger partial charge in [-0.15, -0.1) is 0 Å². The topological polar surface area (TPSA) is 24.4 Å². The van der Waals surface area contributed by atoms with Gasteiger partial charge in [-0.1, -0.05) is 45.4 Å². The Labute approximate surface area is 111 Å². The number of thioether (sulfide) groups is 1. The highest BCUT2D eigenvalue weighted by Crippen LogP contribution is 2.22. The van der Waals surface area contributed by atoms with Gasteiger partial charge in [0.05, 0.1) is 6.04 Å². The summed E-state index contributed by atoms with van der Waals surface area (Å²) in [5.41, 5.74) is 0. The van der Waals surface area contributed by atoms with E-state index in [-0.39, 0.29) is 0 Å². The fourth-order valence-corrected chi connectivity index (χ4v) is 3.12. The van der Waals surface area contributed by atoms with Crippen LogP contribution in [-0.4, -0.2) is 23.0 Å². The molecular formula is C14H28N2S. The fourth-order valence-electron chi connectivity index (χ4n) is 1.89. The van der Waals surface area contributed by atoms with Crippen LogP contribution in [0.3, 0.4) is 0 Å². The summed E-state index contributed by atoms with van der Waals surface area (Å²) < 4.78 is 0. The van der Waals surface area contributed by atoms with E-state index in [0.717, 1.165) is 11.1 Å². The van der Waals surface area contributed by atoms with Crippen LogP contribution in [0.1, 0.15) is 53.9 Å². The summed E-state index contributed by atoms with van der Waals surface area (Å²) in [6, 6.07) is 1.03. The lowest BCUT2D eigenvalue weighted by molar-refractivity contribution is 0.491. The monoisotopic (exact) mass is 256 g/mol. The molecule has 1 aliphatic rings. The zero-order valence-electron chi connectivity index (χ0n) is 12.0. The van der Waals surface area contributed by atoms with Crippen LogP contribution in [0.25, 0.3) is 0 Å². The van der Waals surface area contributed by atoms with Crippen molar-refractivity contribution in [1.29, 1.82) is 0 Å². The van der Waals surface area contributed by atoms with Crippen LogP contribution in [0.4, 0.5) is 0 Å². The minimum absolute atomic E-state index is 0.474. The van der Waals surface area contributed by atoms with Gasteiger partial charge < -0.3 is 5.32 Å². The van der Waals surface area contributed by atoms with Gasteiger partial charge in [0.15, 0.2) is 5.17 Å².